The zero-order valence-electron chi connectivity index (χ0n) is 12.0. The number of pyridine rings is 1. The lowest BCUT2D eigenvalue weighted by molar-refractivity contribution is -0.144. The number of carbonyl (C=O) groups is 1. The molecule has 0 aliphatic carbocycles. The number of rotatable bonds is 5. The van der Waals surface area contributed by atoms with Crippen LogP contribution in [0.2, 0.25) is 0 Å². The standard InChI is InChI=1S/C16H17BrN2O2/c1-3-21-16(20)15(14-9-8-12(17)10-18-14)19-13-7-5-4-6-11(13)2/h4-10,15,19H,3H2,1-2H3. The molecule has 5 heteroatoms. The lowest BCUT2D eigenvalue weighted by Crippen LogP contribution is -2.24. The van der Waals surface area contributed by atoms with Gasteiger partial charge in [-0.1, -0.05) is 18.2 Å². The van der Waals surface area contributed by atoms with E-state index in [0.29, 0.717) is 12.3 Å². The molecule has 0 aliphatic heterocycles. The first-order chi connectivity index (χ1) is 10.1. The maximum Gasteiger partial charge on any atom is 0.334 e. The highest BCUT2D eigenvalue weighted by atomic mass is 79.9. The number of aryl methyl sites for hydroxylation is 1. The summed E-state index contributed by atoms with van der Waals surface area (Å²) in [6.07, 6.45) is 1.67. The number of benzene rings is 1. The first-order valence-corrected chi connectivity index (χ1v) is 7.51. The summed E-state index contributed by atoms with van der Waals surface area (Å²) in [6, 6.07) is 10.8. The Morgan fingerprint density at radius 3 is 2.71 bits per heavy atom. The van der Waals surface area contributed by atoms with Crippen LogP contribution in [0, 0.1) is 6.92 Å². The second-order valence-corrected chi connectivity index (χ2v) is 5.46. The number of nitrogens with one attached hydrogen (secondary N) is 1. The van der Waals surface area contributed by atoms with Crippen molar-refractivity contribution < 1.29 is 9.53 Å². The van der Waals surface area contributed by atoms with Gasteiger partial charge in [0.15, 0.2) is 6.04 Å². The summed E-state index contributed by atoms with van der Waals surface area (Å²) in [6.45, 7) is 4.11. The van der Waals surface area contributed by atoms with Crippen molar-refractivity contribution in [2.45, 2.75) is 19.9 Å². The summed E-state index contributed by atoms with van der Waals surface area (Å²) >= 11 is 3.34. The number of anilines is 1. The summed E-state index contributed by atoms with van der Waals surface area (Å²) in [5, 5.41) is 3.22. The molecule has 110 valence electrons. The van der Waals surface area contributed by atoms with E-state index in [2.05, 4.69) is 26.2 Å². The Labute approximate surface area is 132 Å². The van der Waals surface area contributed by atoms with Crippen LogP contribution in [-0.4, -0.2) is 17.6 Å². The van der Waals surface area contributed by atoms with Crippen molar-refractivity contribution in [1.82, 2.24) is 4.98 Å². The van der Waals surface area contributed by atoms with Gasteiger partial charge in [0.1, 0.15) is 0 Å². The summed E-state index contributed by atoms with van der Waals surface area (Å²) in [5.74, 6) is -0.337. The predicted octanol–water partition coefficient (Wildman–Crippen LogP) is 3.87. The molecule has 0 saturated heterocycles. The van der Waals surface area contributed by atoms with Crippen LogP contribution in [-0.2, 0) is 9.53 Å². The van der Waals surface area contributed by atoms with Crippen LogP contribution in [0.3, 0.4) is 0 Å². The molecule has 1 aromatic carbocycles. The zero-order chi connectivity index (χ0) is 15.2. The fourth-order valence-corrected chi connectivity index (χ4v) is 2.16. The molecule has 1 N–H and O–H groups in total. The Hall–Kier alpha value is -1.88. The minimum atomic E-state index is -0.626. The van der Waals surface area contributed by atoms with Crippen molar-refractivity contribution in [2.24, 2.45) is 0 Å². The number of esters is 1. The SMILES string of the molecule is CCOC(=O)C(Nc1ccccc1C)c1ccc(Br)cn1. The van der Waals surface area contributed by atoms with Gasteiger partial charge >= 0.3 is 5.97 Å². The fourth-order valence-electron chi connectivity index (χ4n) is 1.93. The molecule has 1 heterocycles. The van der Waals surface area contributed by atoms with Crippen molar-refractivity contribution >= 4 is 27.6 Å². The van der Waals surface area contributed by atoms with E-state index in [9.17, 15) is 4.79 Å². The lowest BCUT2D eigenvalue weighted by Gasteiger charge is -2.19. The summed E-state index contributed by atoms with van der Waals surface area (Å²) < 4.78 is 6.01. The monoisotopic (exact) mass is 348 g/mol. The maximum atomic E-state index is 12.2. The Balaban J connectivity index is 2.30. The van der Waals surface area contributed by atoms with Gasteiger partial charge in [-0.05, 0) is 53.5 Å². The molecular formula is C16H17BrN2O2. The zero-order valence-corrected chi connectivity index (χ0v) is 13.6. The van der Waals surface area contributed by atoms with Crippen molar-refractivity contribution in [3.63, 3.8) is 0 Å². The van der Waals surface area contributed by atoms with Gasteiger partial charge in [-0.15, -0.1) is 0 Å². The molecule has 2 rings (SSSR count). The topological polar surface area (TPSA) is 51.2 Å². The van der Waals surface area contributed by atoms with Crippen LogP contribution in [0.1, 0.15) is 24.2 Å². The van der Waals surface area contributed by atoms with E-state index in [1.54, 1.807) is 19.2 Å². The number of hydrogen-bond acceptors (Lipinski definition) is 4. The van der Waals surface area contributed by atoms with Gasteiger partial charge in [-0.25, -0.2) is 4.79 Å². The molecule has 0 amide bonds. The molecular weight excluding hydrogens is 332 g/mol. The molecule has 0 bridgehead atoms. The fraction of sp³-hybridized carbons (Fsp3) is 0.250. The quantitative estimate of drug-likeness (QED) is 0.833. The number of carbonyl (C=O) groups excluding carboxylic acids is 1. The van der Waals surface area contributed by atoms with E-state index in [-0.39, 0.29) is 5.97 Å². The number of aromatic nitrogens is 1. The second-order valence-electron chi connectivity index (χ2n) is 4.55. The summed E-state index contributed by atoms with van der Waals surface area (Å²) in [4.78, 5) is 16.5. The molecule has 0 radical (unpaired) electrons. The smallest absolute Gasteiger partial charge is 0.334 e. The summed E-state index contributed by atoms with van der Waals surface area (Å²) in [7, 11) is 0. The van der Waals surface area contributed by atoms with Gasteiger partial charge in [-0.3, -0.25) is 4.98 Å². The van der Waals surface area contributed by atoms with Crippen molar-refractivity contribution in [3.05, 3.63) is 58.3 Å². The van der Waals surface area contributed by atoms with Gasteiger partial charge in [0, 0.05) is 16.4 Å². The van der Waals surface area contributed by atoms with Gasteiger partial charge in [0.25, 0.3) is 0 Å². The predicted molar refractivity (Wildman–Crippen MR) is 86.1 cm³/mol. The average Bonchev–Trinajstić information content (AvgIpc) is 2.48. The van der Waals surface area contributed by atoms with E-state index >= 15 is 0 Å². The van der Waals surface area contributed by atoms with E-state index in [1.807, 2.05) is 37.3 Å². The van der Waals surface area contributed by atoms with Crippen molar-refractivity contribution in [3.8, 4) is 0 Å². The molecule has 0 aliphatic rings. The number of ether oxygens (including phenoxy) is 1. The highest BCUT2D eigenvalue weighted by molar-refractivity contribution is 9.10. The van der Waals surface area contributed by atoms with E-state index in [0.717, 1.165) is 15.7 Å². The third kappa shape index (κ3) is 4.04. The molecule has 0 fully saturated rings. The molecule has 1 unspecified atom stereocenters. The average molecular weight is 349 g/mol. The van der Waals surface area contributed by atoms with Gasteiger partial charge in [0.2, 0.25) is 0 Å². The molecule has 1 atom stereocenters. The van der Waals surface area contributed by atoms with Crippen LogP contribution >= 0.6 is 15.9 Å². The third-order valence-corrected chi connectivity index (χ3v) is 3.48. The van der Waals surface area contributed by atoms with Crippen molar-refractivity contribution in [2.75, 3.05) is 11.9 Å². The Kier molecular flexibility index (Phi) is 5.33. The molecule has 21 heavy (non-hydrogen) atoms. The highest BCUT2D eigenvalue weighted by Crippen LogP contribution is 2.23. The Morgan fingerprint density at radius 1 is 1.33 bits per heavy atom. The van der Waals surface area contributed by atoms with Crippen LogP contribution in [0.4, 0.5) is 5.69 Å². The van der Waals surface area contributed by atoms with E-state index in [4.69, 9.17) is 4.74 Å². The summed E-state index contributed by atoms with van der Waals surface area (Å²) in [5.41, 5.74) is 2.57. The highest BCUT2D eigenvalue weighted by Gasteiger charge is 2.23. The van der Waals surface area contributed by atoms with Crippen LogP contribution in [0.5, 0.6) is 0 Å². The number of hydrogen-bond donors (Lipinski definition) is 1. The van der Waals surface area contributed by atoms with Gasteiger partial charge in [0.05, 0.1) is 12.3 Å². The minimum Gasteiger partial charge on any atom is -0.464 e. The largest absolute Gasteiger partial charge is 0.464 e. The minimum absolute atomic E-state index is 0.335. The molecule has 1 aromatic heterocycles. The number of para-hydroxylation sites is 1. The van der Waals surface area contributed by atoms with E-state index in [1.165, 1.54) is 0 Å². The Bertz CT molecular complexity index is 614. The Morgan fingerprint density at radius 2 is 2.10 bits per heavy atom. The maximum absolute atomic E-state index is 12.2. The van der Waals surface area contributed by atoms with Crippen LogP contribution in [0.25, 0.3) is 0 Å². The lowest BCUT2D eigenvalue weighted by atomic mass is 10.1. The molecule has 2 aromatic rings. The molecule has 0 spiro atoms. The van der Waals surface area contributed by atoms with Crippen LogP contribution < -0.4 is 5.32 Å². The normalized spacial score (nSPS) is 11.8. The van der Waals surface area contributed by atoms with Crippen LogP contribution in [0.15, 0.2) is 47.1 Å². The van der Waals surface area contributed by atoms with Gasteiger partial charge in [-0.2, -0.15) is 0 Å². The molecule has 0 saturated carbocycles. The van der Waals surface area contributed by atoms with Gasteiger partial charge < -0.3 is 10.1 Å². The number of halogens is 1. The third-order valence-electron chi connectivity index (χ3n) is 3.01. The van der Waals surface area contributed by atoms with Crippen molar-refractivity contribution in [1.29, 1.82) is 0 Å². The second kappa shape index (κ2) is 7.22. The first-order valence-electron chi connectivity index (χ1n) is 6.72. The number of nitrogens with zero attached hydrogens (tertiary/aromatic N) is 1. The van der Waals surface area contributed by atoms with E-state index < -0.39 is 6.04 Å². The molecule has 4 nitrogen and oxygen atoms in total. The first kappa shape index (κ1) is 15.5.